The highest BCUT2D eigenvalue weighted by molar-refractivity contribution is 8.02. The number of hydrogen-bond donors (Lipinski definition) is 1. The summed E-state index contributed by atoms with van der Waals surface area (Å²) in [6.45, 7) is 1.35. The molecule has 29 heavy (non-hydrogen) atoms. The number of carbonyl (C=O) groups excluding carboxylic acids is 3. The molecule has 1 aliphatic heterocycles. The van der Waals surface area contributed by atoms with E-state index in [4.69, 9.17) is 4.74 Å². The number of nitrogens with zero attached hydrogens (tertiary/aromatic N) is 1. The molecule has 0 spiro atoms. The Balaban J connectivity index is 1.94. The molecule has 1 aliphatic rings. The first-order valence-electron chi connectivity index (χ1n) is 8.29. The summed E-state index contributed by atoms with van der Waals surface area (Å²) in [4.78, 5) is 37.1. The van der Waals surface area contributed by atoms with Crippen molar-refractivity contribution < 1.29 is 27.5 Å². The minimum absolute atomic E-state index is 0.00528. The van der Waals surface area contributed by atoms with E-state index in [2.05, 4.69) is 4.72 Å². The lowest BCUT2D eigenvalue weighted by Gasteiger charge is -2.17. The molecule has 0 atom stereocenters. The lowest BCUT2D eigenvalue weighted by atomic mass is 10.1. The zero-order valence-corrected chi connectivity index (χ0v) is 17.0. The van der Waals surface area contributed by atoms with Crippen LogP contribution in [0.4, 0.5) is 0 Å². The van der Waals surface area contributed by atoms with Gasteiger partial charge in [-0.25, -0.2) is 17.5 Å². The number of nitrogens with one attached hydrogen (secondary N) is 1. The second-order valence-corrected chi connectivity index (χ2v) is 8.54. The molecule has 3 rings (SSSR count). The van der Waals surface area contributed by atoms with Crippen molar-refractivity contribution in [2.45, 2.75) is 11.8 Å². The molecule has 8 nitrogen and oxygen atoms in total. The van der Waals surface area contributed by atoms with Gasteiger partial charge in [0.15, 0.2) is 0 Å². The molecule has 1 heterocycles. The van der Waals surface area contributed by atoms with E-state index < -0.39 is 27.8 Å². The van der Waals surface area contributed by atoms with E-state index in [9.17, 15) is 22.8 Å². The number of esters is 1. The molecule has 0 aromatic heterocycles. The second-order valence-electron chi connectivity index (χ2n) is 5.91. The van der Waals surface area contributed by atoms with Crippen LogP contribution in [0.3, 0.4) is 0 Å². The fourth-order valence-corrected chi connectivity index (χ4v) is 4.69. The quantitative estimate of drug-likeness (QED) is 0.323. The summed E-state index contributed by atoms with van der Waals surface area (Å²) in [5.74, 6) is -2.09. The molecule has 0 unspecified atom stereocenters. The van der Waals surface area contributed by atoms with Crippen LogP contribution in [-0.4, -0.2) is 37.6 Å². The zero-order chi connectivity index (χ0) is 21.2. The molecule has 10 heteroatoms. The van der Waals surface area contributed by atoms with Crippen molar-refractivity contribution in [3.05, 3.63) is 76.3 Å². The Morgan fingerprint density at radius 3 is 2.00 bits per heavy atom. The average Bonchev–Trinajstić information content (AvgIpc) is 2.96. The zero-order valence-electron chi connectivity index (χ0n) is 15.4. The summed E-state index contributed by atoms with van der Waals surface area (Å²) in [5.41, 5.74) is 0.329. The van der Waals surface area contributed by atoms with Gasteiger partial charge in [-0.2, -0.15) is 0 Å². The predicted molar refractivity (Wildman–Crippen MR) is 106 cm³/mol. The third kappa shape index (κ3) is 4.03. The summed E-state index contributed by atoms with van der Waals surface area (Å²) in [6.07, 6.45) is 0. The monoisotopic (exact) mass is 432 g/mol. The lowest BCUT2D eigenvalue weighted by Crippen LogP contribution is -2.28. The van der Waals surface area contributed by atoms with E-state index in [-0.39, 0.29) is 26.6 Å². The van der Waals surface area contributed by atoms with E-state index >= 15 is 0 Å². The first-order valence-corrected chi connectivity index (χ1v) is 10.5. The van der Waals surface area contributed by atoms with Crippen molar-refractivity contribution in [2.24, 2.45) is 0 Å². The van der Waals surface area contributed by atoms with Crippen LogP contribution >= 0.6 is 11.9 Å². The van der Waals surface area contributed by atoms with Crippen LogP contribution in [-0.2, 0) is 19.6 Å². The number of benzene rings is 2. The molecule has 0 saturated heterocycles. The van der Waals surface area contributed by atoms with Crippen LogP contribution in [0, 0.1) is 0 Å². The van der Waals surface area contributed by atoms with Crippen molar-refractivity contribution in [2.75, 3.05) is 7.11 Å². The van der Waals surface area contributed by atoms with Crippen LogP contribution in [0.2, 0.25) is 0 Å². The van der Waals surface area contributed by atoms with E-state index in [1.807, 2.05) is 0 Å². The molecule has 150 valence electrons. The SMILES string of the molecule is COC(=O)/C(SN1C(=O)c2ccccc2C1=O)=C(/C)NS(=O)(=O)c1ccccc1. The second kappa shape index (κ2) is 8.10. The van der Waals surface area contributed by atoms with Gasteiger partial charge < -0.3 is 4.74 Å². The highest BCUT2D eigenvalue weighted by atomic mass is 32.2. The molecule has 1 N–H and O–H groups in total. The van der Waals surface area contributed by atoms with Gasteiger partial charge in [-0.05, 0) is 31.2 Å². The van der Waals surface area contributed by atoms with Gasteiger partial charge in [0.2, 0.25) is 0 Å². The molecule has 0 bridgehead atoms. The maximum atomic E-state index is 12.6. The topological polar surface area (TPSA) is 110 Å². The summed E-state index contributed by atoms with van der Waals surface area (Å²) >= 11 is 0.514. The highest BCUT2D eigenvalue weighted by Gasteiger charge is 2.38. The van der Waals surface area contributed by atoms with Gasteiger partial charge >= 0.3 is 5.97 Å². The number of amides is 2. The Hall–Kier alpha value is -3.11. The number of hydrogen-bond acceptors (Lipinski definition) is 7. The van der Waals surface area contributed by atoms with Crippen molar-refractivity contribution in [1.82, 2.24) is 9.03 Å². The van der Waals surface area contributed by atoms with E-state index in [0.717, 1.165) is 11.4 Å². The smallest absolute Gasteiger partial charge is 0.347 e. The molecular formula is C19H16N2O6S2. The van der Waals surface area contributed by atoms with Gasteiger partial charge in [0.1, 0.15) is 4.91 Å². The van der Waals surface area contributed by atoms with Gasteiger partial charge in [0.05, 0.1) is 23.1 Å². The Morgan fingerprint density at radius 2 is 1.48 bits per heavy atom. The number of sulfonamides is 1. The van der Waals surface area contributed by atoms with Crippen LogP contribution in [0.5, 0.6) is 0 Å². The standard InChI is InChI=1S/C19H16N2O6S2/c1-12(20-29(25,26)13-8-4-3-5-9-13)16(19(24)27-2)28-21-17(22)14-10-6-7-11-15(14)18(21)23/h3-11,20H,1-2H3/b16-12+. The molecule has 0 saturated carbocycles. The molecule has 0 radical (unpaired) electrons. The Bertz CT molecular complexity index is 1090. The maximum Gasteiger partial charge on any atom is 0.347 e. The van der Waals surface area contributed by atoms with E-state index in [1.165, 1.54) is 31.2 Å². The third-order valence-electron chi connectivity index (χ3n) is 3.99. The van der Waals surface area contributed by atoms with Crippen molar-refractivity contribution in [3.8, 4) is 0 Å². The molecular weight excluding hydrogens is 416 g/mol. The Labute approximate surface area is 171 Å². The van der Waals surface area contributed by atoms with E-state index in [1.54, 1.807) is 30.3 Å². The number of imide groups is 1. The molecule has 2 aromatic rings. The van der Waals surface area contributed by atoms with Gasteiger partial charge in [-0.1, -0.05) is 30.3 Å². The summed E-state index contributed by atoms with van der Waals surface area (Å²) in [7, 11) is -2.86. The fraction of sp³-hybridized carbons (Fsp3) is 0.105. The normalized spacial score (nSPS) is 14.3. The number of rotatable bonds is 6. The third-order valence-corrected chi connectivity index (χ3v) is 6.63. The minimum Gasteiger partial charge on any atom is -0.465 e. The van der Waals surface area contributed by atoms with Crippen molar-refractivity contribution in [3.63, 3.8) is 0 Å². The molecule has 2 aromatic carbocycles. The van der Waals surface area contributed by atoms with Gasteiger partial charge in [-0.15, -0.1) is 0 Å². The molecule has 2 amide bonds. The summed E-state index contributed by atoms with van der Waals surface area (Å²) in [5, 5.41) is 0. The number of allylic oxidation sites excluding steroid dienone is 1. The Kier molecular flexibility index (Phi) is 5.76. The first-order chi connectivity index (χ1) is 13.8. The van der Waals surface area contributed by atoms with Gasteiger partial charge in [0.25, 0.3) is 21.8 Å². The van der Waals surface area contributed by atoms with Crippen LogP contribution < -0.4 is 4.72 Å². The largest absolute Gasteiger partial charge is 0.465 e. The van der Waals surface area contributed by atoms with Crippen LogP contribution in [0.15, 0.2) is 70.1 Å². The van der Waals surface area contributed by atoms with Crippen molar-refractivity contribution in [1.29, 1.82) is 0 Å². The summed E-state index contributed by atoms with van der Waals surface area (Å²) in [6, 6.07) is 13.8. The fourth-order valence-electron chi connectivity index (χ4n) is 2.60. The predicted octanol–water partition coefficient (Wildman–Crippen LogP) is 2.31. The number of ether oxygens (including phenoxy) is 1. The first kappa shape index (κ1) is 20.6. The average molecular weight is 432 g/mol. The summed E-state index contributed by atoms with van der Waals surface area (Å²) < 4.78 is 32.9. The van der Waals surface area contributed by atoms with Gasteiger partial charge in [-0.3, -0.25) is 14.3 Å². The number of carbonyl (C=O) groups is 3. The van der Waals surface area contributed by atoms with Crippen LogP contribution in [0.1, 0.15) is 27.6 Å². The maximum absolute atomic E-state index is 12.6. The number of fused-ring (bicyclic) bond motifs is 1. The minimum atomic E-state index is -3.98. The molecule has 0 fully saturated rings. The Morgan fingerprint density at radius 1 is 0.966 bits per heavy atom. The van der Waals surface area contributed by atoms with Crippen molar-refractivity contribution >= 4 is 39.8 Å². The highest BCUT2D eigenvalue weighted by Crippen LogP contribution is 2.34. The van der Waals surface area contributed by atoms with E-state index in [0.29, 0.717) is 11.9 Å². The number of methoxy groups -OCH3 is 1. The lowest BCUT2D eigenvalue weighted by molar-refractivity contribution is -0.135. The van der Waals surface area contributed by atoms with Crippen LogP contribution in [0.25, 0.3) is 0 Å². The van der Waals surface area contributed by atoms with Gasteiger partial charge in [0, 0.05) is 17.6 Å². The molecule has 0 aliphatic carbocycles.